The second kappa shape index (κ2) is 5.96. The minimum absolute atomic E-state index is 0.547. The molecule has 0 atom stereocenters. The van der Waals surface area contributed by atoms with E-state index < -0.39 is 9.05 Å². The van der Waals surface area contributed by atoms with Crippen LogP contribution in [0.15, 0.2) is 0 Å². The Morgan fingerprint density at radius 3 is 2.13 bits per heavy atom. The molecule has 1 rings (SSSR count). The molecule has 0 aromatic carbocycles. The first-order valence-corrected chi connectivity index (χ1v) is 7.23. The molecule has 0 aromatic heterocycles. The zero-order chi connectivity index (χ0) is 11.3. The molecule has 0 unspecified atom stereocenters. The van der Waals surface area contributed by atoms with Crippen LogP contribution in [0.2, 0.25) is 0 Å². The summed E-state index contributed by atoms with van der Waals surface area (Å²) in [5.74, 6) is 1.38. The van der Waals surface area contributed by atoms with Gasteiger partial charge in [-0.05, 0) is 24.7 Å². The Kier molecular flexibility index (Phi) is 5.21. The molecular formula is C10H22O4Si. The minimum Gasteiger partial charge on any atom is -0.367 e. The molecule has 1 aliphatic carbocycles. The van der Waals surface area contributed by atoms with Gasteiger partial charge in [-0.15, -0.1) is 0 Å². The molecule has 0 bridgehead atoms. The summed E-state index contributed by atoms with van der Waals surface area (Å²) < 4.78 is 15.1. The Labute approximate surface area is 93.0 Å². The molecule has 0 heterocycles. The Hall–Kier alpha value is 0.0569. The molecule has 1 N–H and O–H groups in total. The van der Waals surface area contributed by atoms with Gasteiger partial charge in [0.15, 0.2) is 0 Å². The molecule has 1 aliphatic rings. The molecule has 90 valence electrons. The minimum atomic E-state index is -3.30. The van der Waals surface area contributed by atoms with Crippen LogP contribution in [0, 0.1) is 11.8 Å². The van der Waals surface area contributed by atoms with E-state index >= 15 is 0 Å². The topological polar surface area (TPSA) is 47.9 Å². The Morgan fingerprint density at radius 1 is 1.13 bits per heavy atom. The number of hydrogen-bond acceptors (Lipinski definition) is 4. The predicted octanol–water partition coefficient (Wildman–Crippen LogP) is 1.55. The third-order valence-corrected chi connectivity index (χ3v) is 4.72. The summed E-state index contributed by atoms with van der Waals surface area (Å²) in [7, 11) is -0.468. The second-order valence-corrected chi connectivity index (χ2v) is 6.52. The first-order chi connectivity index (χ1) is 7.09. The highest BCUT2D eigenvalue weighted by Gasteiger charge is 2.39. The smallest absolute Gasteiger partial charge is 0.367 e. The van der Waals surface area contributed by atoms with Gasteiger partial charge in [-0.2, -0.15) is 0 Å². The van der Waals surface area contributed by atoms with Crippen molar-refractivity contribution in [3.05, 3.63) is 0 Å². The van der Waals surface area contributed by atoms with E-state index in [0.29, 0.717) is 12.5 Å². The van der Waals surface area contributed by atoms with Crippen molar-refractivity contribution in [2.24, 2.45) is 11.8 Å². The van der Waals surface area contributed by atoms with Gasteiger partial charge in [0.1, 0.15) is 0 Å². The van der Waals surface area contributed by atoms with E-state index in [1.807, 2.05) is 0 Å². The van der Waals surface area contributed by atoms with Crippen LogP contribution in [0.4, 0.5) is 0 Å². The van der Waals surface area contributed by atoms with Crippen LogP contribution in [0.1, 0.15) is 32.6 Å². The maximum absolute atomic E-state index is 9.68. The molecular weight excluding hydrogens is 212 g/mol. The summed E-state index contributed by atoms with van der Waals surface area (Å²) in [4.78, 5) is 9.68. The highest BCUT2D eigenvalue weighted by atomic mass is 28.4. The lowest BCUT2D eigenvalue weighted by atomic mass is 9.83. The normalized spacial score (nSPS) is 28.0. The van der Waals surface area contributed by atoms with Crippen molar-refractivity contribution >= 4 is 9.05 Å². The third-order valence-electron chi connectivity index (χ3n) is 3.15. The van der Waals surface area contributed by atoms with E-state index in [9.17, 15) is 4.80 Å². The monoisotopic (exact) mass is 234 g/mol. The van der Waals surface area contributed by atoms with E-state index in [2.05, 4.69) is 6.92 Å². The van der Waals surface area contributed by atoms with Gasteiger partial charge in [-0.25, -0.2) is 0 Å². The zero-order valence-corrected chi connectivity index (χ0v) is 10.9. The lowest BCUT2D eigenvalue weighted by Crippen LogP contribution is -2.45. The summed E-state index contributed by atoms with van der Waals surface area (Å²) in [6.07, 6.45) is 4.88. The van der Waals surface area contributed by atoms with Crippen LogP contribution in [0.3, 0.4) is 0 Å². The average molecular weight is 234 g/mol. The first kappa shape index (κ1) is 13.1. The summed E-state index contributed by atoms with van der Waals surface area (Å²) in [5.41, 5.74) is 0. The molecule has 0 saturated heterocycles. The van der Waals surface area contributed by atoms with E-state index in [-0.39, 0.29) is 0 Å². The molecule has 0 aromatic rings. The fraction of sp³-hybridized carbons (Fsp3) is 1.00. The number of hydrogen-bond donors (Lipinski definition) is 1. The van der Waals surface area contributed by atoms with Crippen molar-refractivity contribution in [3.63, 3.8) is 0 Å². The maximum Gasteiger partial charge on any atom is 0.676 e. The van der Waals surface area contributed by atoms with E-state index in [1.54, 1.807) is 0 Å². The van der Waals surface area contributed by atoms with Gasteiger partial charge in [-0.3, -0.25) is 0 Å². The van der Waals surface area contributed by atoms with Crippen LogP contribution >= 0.6 is 0 Å². The Bertz CT molecular complexity index is 176. The zero-order valence-electron chi connectivity index (χ0n) is 9.86. The van der Waals surface area contributed by atoms with Crippen LogP contribution in [-0.4, -0.2) is 34.7 Å². The molecule has 0 spiro atoms. The summed E-state index contributed by atoms with van der Waals surface area (Å²) in [6.45, 7) is 2.84. The molecule has 0 aliphatic heterocycles. The molecule has 4 nitrogen and oxygen atoms in total. The highest BCUT2D eigenvalue weighted by Crippen LogP contribution is 2.28. The van der Waals surface area contributed by atoms with Crippen molar-refractivity contribution in [1.29, 1.82) is 0 Å². The standard InChI is InChI=1S/C10H22O4Si/c1-9-4-6-10(7-5-9)8-14-15(11,12-2)13-3/h9-11H,4-8H2,1-3H3. The molecule has 1 saturated carbocycles. The largest absolute Gasteiger partial charge is 0.676 e. The molecule has 5 heteroatoms. The fourth-order valence-electron chi connectivity index (χ4n) is 1.92. The van der Waals surface area contributed by atoms with Gasteiger partial charge in [0, 0.05) is 20.8 Å². The quantitative estimate of drug-likeness (QED) is 0.733. The summed E-state index contributed by atoms with van der Waals surface area (Å²) >= 11 is 0. The lowest BCUT2D eigenvalue weighted by Gasteiger charge is -2.28. The molecule has 0 radical (unpaired) electrons. The molecule has 0 amide bonds. The number of rotatable bonds is 5. The van der Waals surface area contributed by atoms with E-state index in [4.69, 9.17) is 13.3 Å². The van der Waals surface area contributed by atoms with Gasteiger partial charge in [-0.1, -0.05) is 19.8 Å². The lowest BCUT2D eigenvalue weighted by molar-refractivity contribution is 0.00759. The predicted molar refractivity (Wildman–Crippen MR) is 59.1 cm³/mol. The van der Waals surface area contributed by atoms with E-state index in [0.717, 1.165) is 5.92 Å². The van der Waals surface area contributed by atoms with E-state index in [1.165, 1.54) is 39.9 Å². The van der Waals surface area contributed by atoms with Gasteiger partial charge in [0.2, 0.25) is 0 Å². The van der Waals surface area contributed by atoms with Crippen molar-refractivity contribution in [3.8, 4) is 0 Å². The average Bonchev–Trinajstić information content (AvgIpc) is 2.28. The van der Waals surface area contributed by atoms with Gasteiger partial charge >= 0.3 is 9.05 Å². The van der Waals surface area contributed by atoms with Gasteiger partial charge < -0.3 is 18.1 Å². The molecule has 15 heavy (non-hydrogen) atoms. The highest BCUT2D eigenvalue weighted by molar-refractivity contribution is 6.51. The van der Waals surface area contributed by atoms with Crippen molar-refractivity contribution in [2.75, 3.05) is 20.8 Å². The van der Waals surface area contributed by atoms with Gasteiger partial charge in [0.25, 0.3) is 0 Å². The summed E-state index contributed by atoms with van der Waals surface area (Å²) in [6, 6.07) is 0. The van der Waals surface area contributed by atoms with Crippen molar-refractivity contribution in [2.45, 2.75) is 32.6 Å². The fourth-order valence-corrected chi connectivity index (χ4v) is 2.77. The molecule has 1 fully saturated rings. The van der Waals surface area contributed by atoms with Crippen molar-refractivity contribution in [1.82, 2.24) is 0 Å². The van der Waals surface area contributed by atoms with Crippen LogP contribution in [-0.2, 0) is 13.3 Å². The van der Waals surface area contributed by atoms with Gasteiger partial charge in [0.05, 0.1) is 0 Å². The van der Waals surface area contributed by atoms with Crippen LogP contribution in [0.25, 0.3) is 0 Å². The van der Waals surface area contributed by atoms with Crippen LogP contribution in [0.5, 0.6) is 0 Å². The maximum atomic E-state index is 9.68. The van der Waals surface area contributed by atoms with Crippen LogP contribution < -0.4 is 0 Å². The Morgan fingerprint density at radius 2 is 1.67 bits per heavy atom. The SMILES string of the molecule is CO[Si](O)(OC)OCC1CCC(C)CC1. The first-order valence-electron chi connectivity index (χ1n) is 5.56. The second-order valence-electron chi connectivity index (χ2n) is 4.37. The third kappa shape index (κ3) is 4.20. The Balaban J connectivity index is 2.24. The summed E-state index contributed by atoms with van der Waals surface area (Å²) in [5, 5.41) is 0. The van der Waals surface area contributed by atoms with Crippen molar-refractivity contribution < 1.29 is 18.1 Å².